The zero-order valence-electron chi connectivity index (χ0n) is 10.6. The quantitative estimate of drug-likeness (QED) is 0.817. The summed E-state index contributed by atoms with van der Waals surface area (Å²) in [6.07, 6.45) is 6.62. The summed E-state index contributed by atoms with van der Waals surface area (Å²) in [4.78, 5) is 12.5. The van der Waals surface area contributed by atoms with Gasteiger partial charge in [0.25, 0.3) is 0 Å². The van der Waals surface area contributed by atoms with Crippen LogP contribution in [0.3, 0.4) is 0 Å². The molecule has 0 radical (unpaired) electrons. The van der Waals surface area contributed by atoms with Gasteiger partial charge in [0.05, 0.1) is 6.07 Å². The molecule has 2 unspecified atom stereocenters. The number of carbonyl (C=O) groups is 1. The van der Waals surface area contributed by atoms with Gasteiger partial charge in [0.1, 0.15) is 5.41 Å². The van der Waals surface area contributed by atoms with Crippen molar-refractivity contribution in [2.75, 3.05) is 0 Å². The van der Waals surface area contributed by atoms with Gasteiger partial charge in [-0.05, 0) is 25.3 Å². The lowest BCUT2D eigenvalue weighted by atomic mass is 9.87. The van der Waals surface area contributed by atoms with Crippen LogP contribution in [0.15, 0.2) is 12.3 Å². The number of nitrogens with zero attached hydrogens (tertiary/aromatic N) is 3. The fourth-order valence-corrected chi connectivity index (χ4v) is 3.35. The Morgan fingerprint density at radius 2 is 2.28 bits per heavy atom. The molecule has 4 nitrogen and oxygen atoms in total. The molecule has 18 heavy (non-hydrogen) atoms. The van der Waals surface area contributed by atoms with Crippen LogP contribution in [0.25, 0.3) is 0 Å². The smallest absolute Gasteiger partial charge is 0.156 e. The molecule has 1 aromatic rings. The van der Waals surface area contributed by atoms with Crippen molar-refractivity contribution in [3.05, 3.63) is 18.0 Å². The van der Waals surface area contributed by atoms with Crippen molar-refractivity contribution in [2.24, 2.45) is 18.4 Å². The molecule has 3 rings (SSSR count). The molecule has 0 spiro atoms. The molecular formula is C14H17N3O. The van der Waals surface area contributed by atoms with Gasteiger partial charge in [0, 0.05) is 30.8 Å². The Kier molecular flexibility index (Phi) is 2.51. The van der Waals surface area contributed by atoms with E-state index in [0.29, 0.717) is 6.42 Å². The minimum absolute atomic E-state index is 0.0584. The fourth-order valence-electron chi connectivity index (χ4n) is 3.35. The highest BCUT2D eigenvalue weighted by Gasteiger charge is 2.63. The Morgan fingerprint density at radius 3 is 2.83 bits per heavy atom. The van der Waals surface area contributed by atoms with E-state index in [2.05, 4.69) is 11.2 Å². The number of rotatable bonds is 3. The molecule has 2 aliphatic carbocycles. The van der Waals surface area contributed by atoms with E-state index in [9.17, 15) is 10.1 Å². The Hall–Kier alpha value is -1.63. The third-order valence-electron chi connectivity index (χ3n) is 4.54. The first-order valence-corrected chi connectivity index (χ1v) is 6.62. The molecule has 2 atom stereocenters. The van der Waals surface area contributed by atoms with Crippen molar-refractivity contribution in [3.63, 3.8) is 0 Å². The lowest BCUT2D eigenvalue weighted by molar-refractivity contribution is -0.126. The Labute approximate surface area is 107 Å². The summed E-state index contributed by atoms with van der Waals surface area (Å²) in [5, 5.41) is 13.6. The standard InChI is InChI=1S/C14H17N3O/c1-17-12(6-7-16-17)11-8-14(11,9-15)13(18)10-4-2-3-5-10/h6-7,10-11H,2-5,8H2,1H3. The summed E-state index contributed by atoms with van der Waals surface area (Å²) in [6.45, 7) is 0. The highest BCUT2D eigenvalue weighted by atomic mass is 16.1. The molecule has 1 aromatic heterocycles. The Bertz CT molecular complexity index is 521. The lowest BCUT2D eigenvalue weighted by Gasteiger charge is -2.13. The molecule has 4 heteroatoms. The van der Waals surface area contributed by atoms with Crippen molar-refractivity contribution in [2.45, 2.75) is 38.0 Å². The van der Waals surface area contributed by atoms with Gasteiger partial charge in [-0.3, -0.25) is 9.48 Å². The zero-order valence-corrected chi connectivity index (χ0v) is 10.6. The second-order valence-electron chi connectivity index (χ2n) is 5.57. The summed E-state index contributed by atoms with van der Waals surface area (Å²) in [6, 6.07) is 4.23. The molecular weight excluding hydrogens is 226 g/mol. The second kappa shape index (κ2) is 3.94. The molecule has 0 aliphatic heterocycles. The van der Waals surface area contributed by atoms with Crippen LogP contribution in [0, 0.1) is 22.7 Å². The number of aryl methyl sites for hydroxylation is 1. The van der Waals surface area contributed by atoms with Crippen molar-refractivity contribution < 1.29 is 4.79 Å². The predicted molar refractivity (Wildman–Crippen MR) is 65.6 cm³/mol. The molecule has 2 fully saturated rings. The van der Waals surface area contributed by atoms with Crippen LogP contribution >= 0.6 is 0 Å². The van der Waals surface area contributed by atoms with Crippen molar-refractivity contribution in [3.8, 4) is 6.07 Å². The zero-order chi connectivity index (χ0) is 12.8. The van der Waals surface area contributed by atoms with Gasteiger partial charge in [-0.2, -0.15) is 10.4 Å². The average molecular weight is 243 g/mol. The van der Waals surface area contributed by atoms with Crippen molar-refractivity contribution in [1.29, 1.82) is 5.26 Å². The van der Waals surface area contributed by atoms with Crippen molar-refractivity contribution in [1.82, 2.24) is 9.78 Å². The summed E-state index contributed by atoms with van der Waals surface area (Å²) < 4.78 is 1.78. The van der Waals surface area contributed by atoms with Crippen LogP contribution in [0.4, 0.5) is 0 Å². The molecule has 0 saturated heterocycles. The molecule has 94 valence electrons. The minimum atomic E-state index is -0.747. The van der Waals surface area contributed by atoms with Gasteiger partial charge >= 0.3 is 0 Å². The molecule has 2 saturated carbocycles. The molecule has 0 bridgehead atoms. The van der Waals surface area contributed by atoms with Gasteiger partial charge in [-0.25, -0.2) is 0 Å². The SMILES string of the molecule is Cn1nccc1C1CC1(C#N)C(=O)C1CCCC1. The van der Waals surface area contributed by atoms with E-state index in [-0.39, 0.29) is 17.6 Å². The molecule has 0 N–H and O–H groups in total. The van der Waals surface area contributed by atoms with Crippen LogP contribution in [-0.2, 0) is 11.8 Å². The maximum absolute atomic E-state index is 12.5. The number of Topliss-reactive ketones (excluding diaryl/α,β-unsaturated/α-hetero) is 1. The van der Waals surface area contributed by atoms with Gasteiger partial charge < -0.3 is 0 Å². The van der Waals surface area contributed by atoms with Crippen LogP contribution in [0.5, 0.6) is 0 Å². The second-order valence-corrected chi connectivity index (χ2v) is 5.57. The molecule has 2 aliphatic rings. The number of carbonyl (C=O) groups excluding carboxylic acids is 1. The topological polar surface area (TPSA) is 58.7 Å². The van der Waals surface area contributed by atoms with Crippen molar-refractivity contribution >= 4 is 5.78 Å². The first-order chi connectivity index (χ1) is 8.69. The van der Waals surface area contributed by atoms with Crippen LogP contribution < -0.4 is 0 Å². The summed E-state index contributed by atoms with van der Waals surface area (Å²) in [5.41, 5.74) is 0.269. The monoisotopic (exact) mass is 243 g/mol. The van der Waals surface area contributed by atoms with Gasteiger partial charge in [0.15, 0.2) is 5.78 Å². The molecule has 0 aromatic carbocycles. The molecule has 0 amide bonds. The maximum atomic E-state index is 12.5. The fraction of sp³-hybridized carbons (Fsp3) is 0.643. The van der Waals surface area contributed by atoms with E-state index in [0.717, 1.165) is 31.4 Å². The van der Waals surface area contributed by atoms with Crippen LogP contribution in [0.2, 0.25) is 0 Å². The Balaban J connectivity index is 1.84. The maximum Gasteiger partial charge on any atom is 0.156 e. The van der Waals surface area contributed by atoms with Gasteiger partial charge in [-0.1, -0.05) is 12.8 Å². The van der Waals surface area contributed by atoms with E-state index < -0.39 is 5.41 Å². The number of nitriles is 1. The highest BCUT2D eigenvalue weighted by Crippen LogP contribution is 2.61. The van der Waals surface area contributed by atoms with E-state index in [1.54, 1.807) is 10.9 Å². The minimum Gasteiger partial charge on any atom is -0.298 e. The lowest BCUT2D eigenvalue weighted by Crippen LogP contribution is -2.23. The Morgan fingerprint density at radius 1 is 1.56 bits per heavy atom. The van der Waals surface area contributed by atoms with E-state index >= 15 is 0 Å². The molecule has 1 heterocycles. The van der Waals surface area contributed by atoms with Gasteiger partial charge in [0.2, 0.25) is 0 Å². The summed E-state index contributed by atoms with van der Waals surface area (Å²) >= 11 is 0. The first-order valence-electron chi connectivity index (χ1n) is 6.62. The third kappa shape index (κ3) is 1.50. The predicted octanol–water partition coefficient (Wildman–Crippen LogP) is 2.18. The average Bonchev–Trinajstić information content (AvgIpc) is 2.76. The first kappa shape index (κ1) is 11.5. The van der Waals surface area contributed by atoms with Crippen LogP contribution in [-0.4, -0.2) is 15.6 Å². The number of ketones is 1. The number of aromatic nitrogens is 2. The highest BCUT2D eigenvalue weighted by molar-refractivity contribution is 5.94. The largest absolute Gasteiger partial charge is 0.298 e. The summed E-state index contributed by atoms with van der Waals surface area (Å²) in [7, 11) is 1.87. The van der Waals surface area contributed by atoms with E-state index in [4.69, 9.17) is 0 Å². The number of hydrogen-bond acceptors (Lipinski definition) is 3. The third-order valence-corrected chi connectivity index (χ3v) is 4.54. The normalized spacial score (nSPS) is 31.2. The number of hydrogen-bond donors (Lipinski definition) is 0. The van der Waals surface area contributed by atoms with E-state index in [1.165, 1.54) is 0 Å². The van der Waals surface area contributed by atoms with E-state index in [1.807, 2.05) is 13.1 Å². The summed E-state index contributed by atoms with van der Waals surface area (Å²) in [5.74, 6) is 0.375. The van der Waals surface area contributed by atoms with Gasteiger partial charge in [-0.15, -0.1) is 0 Å². The van der Waals surface area contributed by atoms with Crippen LogP contribution in [0.1, 0.15) is 43.7 Å².